The van der Waals surface area contributed by atoms with Crippen LogP contribution < -0.4 is 0 Å². The van der Waals surface area contributed by atoms with E-state index in [9.17, 15) is 17.6 Å². The Balaban J connectivity index is 1.67. The minimum Gasteiger partial charge on any atom is -0.394 e. The van der Waals surface area contributed by atoms with Gasteiger partial charge in [0.25, 0.3) is 0 Å². The Morgan fingerprint density at radius 3 is 2.54 bits per heavy atom. The van der Waals surface area contributed by atoms with Gasteiger partial charge in [0.05, 0.1) is 30.6 Å². The summed E-state index contributed by atoms with van der Waals surface area (Å²) < 4.78 is 56.1. The molecule has 5 rings (SSSR count). The van der Waals surface area contributed by atoms with Crippen LogP contribution in [0.15, 0.2) is 73.4 Å². The summed E-state index contributed by atoms with van der Waals surface area (Å²) in [4.78, 5) is 12.9. The summed E-state index contributed by atoms with van der Waals surface area (Å²) in [6.07, 6.45) is 3.56. The Morgan fingerprint density at radius 1 is 0.914 bits per heavy atom. The number of rotatable bonds is 5. The van der Waals surface area contributed by atoms with E-state index < -0.39 is 17.6 Å². The summed E-state index contributed by atoms with van der Waals surface area (Å²) in [5.41, 5.74) is 1.79. The Hall–Kier alpha value is -4.18. The number of alkyl halides is 3. The number of hydrogen-bond acceptors (Lipinski definition) is 5. The van der Waals surface area contributed by atoms with Gasteiger partial charge >= 0.3 is 6.18 Å². The molecular formula is C25H17F4N5O. The highest BCUT2D eigenvalue weighted by molar-refractivity contribution is 5.95. The fraction of sp³-hybridized carbons (Fsp3) is 0.120. The average Bonchev–Trinajstić information content (AvgIpc) is 3.32. The van der Waals surface area contributed by atoms with Gasteiger partial charge in [-0.05, 0) is 48.0 Å². The molecule has 4 aromatic heterocycles. The normalized spacial score (nSPS) is 11.8. The summed E-state index contributed by atoms with van der Waals surface area (Å²) in [5.74, 6) is -0.824. The molecule has 0 aliphatic carbocycles. The minimum atomic E-state index is -4.63. The lowest BCUT2D eigenvalue weighted by Crippen LogP contribution is -2.05. The van der Waals surface area contributed by atoms with Crippen LogP contribution >= 0.6 is 0 Å². The lowest BCUT2D eigenvalue weighted by Gasteiger charge is -2.13. The molecule has 0 amide bonds. The molecule has 0 saturated carbocycles. The number of aromatic nitrogens is 5. The molecule has 5 aromatic rings. The van der Waals surface area contributed by atoms with Crippen LogP contribution in [0.25, 0.3) is 44.5 Å². The largest absolute Gasteiger partial charge is 0.416 e. The number of aliphatic hydroxyl groups excluding tert-OH is 1. The van der Waals surface area contributed by atoms with Crippen LogP contribution in [0.1, 0.15) is 5.56 Å². The molecular weight excluding hydrogens is 462 g/mol. The van der Waals surface area contributed by atoms with Crippen molar-refractivity contribution < 1.29 is 22.7 Å². The molecule has 176 valence electrons. The van der Waals surface area contributed by atoms with Gasteiger partial charge < -0.3 is 5.11 Å². The minimum absolute atomic E-state index is 0.0240. The van der Waals surface area contributed by atoms with E-state index in [0.717, 1.165) is 23.3 Å². The zero-order valence-corrected chi connectivity index (χ0v) is 18.0. The molecule has 0 atom stereocenters. The van der Waals surface area contributed by atoms with E-state index in [2.05, 4.69) is 20.1 Å². The number of aliphatic hydroxyl groups is 1. The highest BCUT2D eigenvalue weighted by Gasteiger charge is 2.31. The maximum atomic E-state index is 14.7. The molecule has 0 radical (unpaired) electrons. The van der Waals surface area contributed by atoms with E-state index in [1.165, 1.54) is 6.20 Å². The summed E-state index contributed by atoms with van der Waals surface area (Å²) in [5, 5.41) is 14.0. The van der Waals surface area contributed by atoms with Crippen molar-refractivity contribution >= 4 is 11.0 Å². The molecule has 0 aliphatic rings. The molecule has 0 fully saturated rings. The van der Waals surface area contributed by atoms with Crippen molar-refractivity contribution in [1.29, 1.82) is 0 Å². The first-order valence-corrected chi connectivity index (χ1v) is 10.6. The van der Waals surface area contributed by atoms with E-state index in [0.29, 0.717) is 29.1 Å². The topological polar surface area (TPSA) is 76.7 Å². The van der Waals surface area contributed by atoms with Crippen LogP contribution in [-0.4, -0.2) is 36.4 Å². The first-order valence-electron chi connectivity index (χ1n) is 10.6. The second kappa shape index (κ2) is 8.88. The third kappa shape index (κ3) is 4.47. The van der Waals surface area contributed by atoms with Crippen molar-refractivity contribution in [2.24, 2.45) is 0 Å². The Labute approximate surface area is 196 Å². The Morgan fingerprint density at radius 2 is 1.74 bits per heavy atom. The molecule has 0 unspecified atom stereocenters. The molecule has 1 N–H and O–H groups in total. The number of pyridine rings is 3. The number of hydrogen-bond donors (Lipinski definition) is 1. The quantitative estimate of drug-likeness (QED) is 0.343. The predicted octanol–water partition coefficient (Wildman–Crippen LogP) is 5.37. The lowest BCUT2D eigenvalue weighted by atomic mass is 9.98. The van der Waals surface area contributed by atoms with E-state index >= 15 is 0 Å². The fourth-order valence-corrected chi connectivity index (χ4v) is 3.81. The van der Waals surface area contributed by atoms with Crippen LogP contribution in [0.2, 0.25) is 0 Å². The van der Waals surface area contributed by atoms with Crippen molar-refractivity contribution in [2.75, 3.05) is 6.61 Å². The zero-order chi connectivity index (χ0) is 24.6. The third-order valence-electron chi connectivity index (χ3n) is 5.50. The Kier molecular flexibility index (Phi) is 5.73. The van der Waals surface area contributed by atoms with E-state index in [1.807, 2.05) is 6.07 Å². The third-order valence-corrected chi connectivity index (χ3v) is 5.50. The standard InChI is InChI=1S/C25H17F4N5O/c26-22-4-3-18(25(27,28)29)9-21(22)23-10-20(19-2-1-5-31-24(19)33-23)16-8-15(11-30-12-16)17-13-32-34(14-17)6-7-35/h1-5,8-14,35H,6-7H2. The van der Waals surface area contributed by atoms with E-state index in [1.54, 1.807) is 47.7 Å². The SMILES string of the molecule is OCCn1cc(-c2cncc(-c3cc(-c4cc(C(F)(F)F)ccc4F)nc4ncccc34)c2)cn1. The van der Waals surface area contributed by atoms with Gasteiger partial charge in [-0.1, -0.05) is 0 Å². The molecule has 0 bridgehead atoms. The second-order valence-corrected chi connectivity index (χ2v) is 7.80. The van der Waals surface area contributed by atoms with E-state index in [4.69, 9.17) is 5.11 Å². The first-order chi connectivity index (χ1) is 16.8. The average molecular weight is 479 g/mol. The molecule has 6 nitrogen and oxygen atoms in total. The molecule has 0 aliphatic heterocycles. The molecule has 10 heteroatoms. The summed E-state index contributed by atoms with van der Waals surface area (Å²) in [6.45, 7) is 0.296. The van der Waals surface area contributed by atoms with Crippen molar-refractivity contribution in [3.05, 3.63) is 84.8 Å². The van der Waals surface area contributed by atoms with Crippen molar-refractivity contribution in [2.45, 2.75) is 12.7 Å². The summed E-state index contributed by atoms with van der Waals surface area (Å²) >= 11 is 0. The Bertz CT molecular complexity index is 1530. The summed E-state index contributed by atoms with van der Waals surface area (Å²) in [6, 6.07) is 9.12. The highest BCUT2D eigenvalue weighted by atomic mass is 19.4. The van der Waals surface area contributed by atoms with Crippen LogP contribution in [0, 0.1) is 5.82 Å². The highest BCUT2D eigenvalue weighted by Crippen LogP contribution is 2.36. The molecule has 1 aromatic carbocycles. The second-order valence-electron chi connectivity index (χ2n) is 7.80. The van der Waals surface area contributed by atoms with Gasteiger partial charge in [-0.3, -0.25) is 9.67 Å². The van der Waals surface area contributed by atoms with Crippen molar-refractivity contribution in [1.82, 2.24) is 24.7 Å². The van der Waals surface area contributed by atoms with Gasteiger partial charge in [0.15, 0.2) is 5.65 Å². The van der Waals surface area contributed by atoms with Gasteiger partial charge in [0.1, 0.15) is 5.82 Å². The smallest absolute Gasteiger partial charge is 0.394 e. The monoisotopic (exact) mass is 479 g/mol. The molecule has 4 heterocycles. The summed E-state index contributed by atoms with van der Waals surface area (Å²) in [7, 11) is 0. The molecule has 35 heavy (non-hydrogen) atoms. The van der Waals surface area contributed by atoms with Crippen LogP contribution in [0.4, 0.5) is 17.6 Å². The van der Waals surface area contributed by atoms with Gasteiger partial charge in [-0.25, -0.2) is 14.4 Å². The van der Waals surface area contributed by atoms with Gasteiger partial charge in [-0.15, -0.1) is 0 Å². The van der Waals surface area contributed by atoms with Crippen LogP contribution in [0.5, 0.6) is 0 Å². The maximum absolute atomic E-state index is 14.7. The van der Waals surface area contributed by atoms with Crippen LogP contribution in [-0.2, 0) is 12.7 Å². The van der Waals surface area contributed by atoms with Crippen molar-refractivity contribution in [3.8, 4) is 33.5 Å². The number of nitrogens with zero attached hydrogens (tertiary/aromatic N) is 5. The number of benzene rings is 1. The first kappa shape index (κ1) is 22.6. The lowest BCUT2D eigenvalue weighted by molar-refractivity contribution is -0.137. The van der Waals surface area contributed by atoms with E-state index in [-0.39, 0.29) is 23.5 Å². The molecule has 0 saturated heterocycles. The fourth-order valence-electron chi connectivity index (χ4n) is 3.81. The molecule has 0 spiro atoms. The van der Waals surface area contributed by atoms with Gasteiger partial charge in [0, 0.05) is 52.4 Å². The zero-order valence-electron chi connectivity index (χ0n) is 18.0. The van der Waals surface area contributed by atoms with Gasteiger partial charge in [-0.2, -0.15) is 18.3 Å². The van der Waals surface area contributed by atoms with Gasteiger partial charge in [0.2, 0.25) is 0 Å². The van der Waals surface area contributed by atoms with Crippen molar-refractivity contribution in [3.63, 3.8) is 0 Å². The number of fused-ring (bicyclic) bond motifs is 1. The maximum Gasteiger partial charge on any atom is 0.416 e. The predicted molar refractivity (Wildman–Crippen MR) is 121 cm³/mol. The van der Waals surface area contributed by atoms with Crippen LogP contribution in [0.3, 0.4) is 0 Å². The number of halogens is 4.